The summed E-state index contributed by atoms with van der Waals surface area (Å²) in [5, 5.41) is 0.550. The highest BCUT2D eigenvalue weighted by Gasteiger charge is 2.24. The third kappa shape index (κ3) is 4.15. The predicted octanol–water partition coefficient (Wildman–Crippen LogP) is 2.17. The van der Waals surface area contributed by atoms with Crippen molar-refractivity contribution in [3.63, 3.8) is 0 Å². The molecule has 1 aromatic heterocycles. The van der Waals surface area contributed by atoms with Crippen molar-refractivity contribution < 1.29 is 13.2 Å². The van der Waals surface area contributed by atoms with Gasteiger partial charge in [0.05, 0.1) is 17.0 Å². The van der Waals surface area contributed by atoms with Crippen molar-refractivity contribution in [1.82, 2.24) is 14.6 Å². The number of nitrogens with zero attached hydrogens (tertiary/aromatic N) is 3. The van der Waals surface area contributed by atoms with E-state index in [-0.39, 0.29) is 17.3 Å². The van der Waals surface area contributed by atoms with Crippen molar-refractivity contribution in [2.75, 3.05) is 37.6 Å². The molecule has 1 aliphatic rings. The largest absolute Gasteiger partial charge is 0.368 e. The number of amides is 1. The second kappa shape index (κ2) is 8.41. The second-order valence-electron chi connectivity index (χ2n) is 7.31. The molecule has 2 aromatic carbocycles. The summed E-state index contributed by atoms with van der Waals surface area (Å²) < 4.78 is 28.2. The van der Waals surface area contributed by atoms with Crippen LogP contribution >= 0.6 is 0 Å². The van der Waals surface area contributed by atoms with Gasteiger partial charge in [-0.3, -0.25) is 9.78 Å². The molecule has 4 rings (SSSR count). The van der Waals surface area contributed by atoms with Gasteiger partial charge in [-0.15, -0.1) is 0 Å². The van der Waals surface area contributed by atoms with Crippen molar-refractivity contribution in [3.05, 3.63) is 66.4 Å². The van der Waals surface area contributed by atoms with Crippen LogP contribution in [0.4, 0.5) is 5.69 Å². The van der Waals surface area contributed by atoms with E-state index in [0.29, 0.717) is 24.0 Å². The van der Waals surface area contributed by atoms with E-state index in [4.69, 9.17) is 0 Å². The number of aromatic nitrogens is 1. The lowest BCUT2D eigenvalue weighted by atomic mass is 10.1. The van der Waals surface area contributed by atoms with Crippen molar-refractivity contribution in [2.45, 2.75) is 11.8 Å². The van der Waals surface area contributed by atoms with Gasteiger partial charge in [0.25, 0.3) is 0 Å². The van der Waals surface area contributed by atoms with Gasteiger partial charge in [0.15, 0.2) is 0 Å². The van der Waals surface area contributed by atoms with Gasteiger partial charge in [-0.05, 0) is 42.8 Å². The summed E-state index contributed by atoms with van der Waals surface area (Å²) in [4.78, 5) is 21.0. The van der Waals surface area contributed by atoms with Crippen LogP contribution in [0.3, 0.4) is 0 Å². The molecule has 30 heavy (non-hydrogen) atoms. The summed E-state index contributed by atoms with van der Waals surface area (Å²) in [6.45, 7) is 4.19. The molecule has 0 atom stereocenters. The molecule has 0 spiro atoms. The number of carbonyl (C=O) groups excluding carboxylic acids is 1. The summed E-state index contributed by atoms with van der Waals surface area (Å²) in [5.41, 5.74) is 2.67. The molecule has 7 nitrogen and oxygen atoms in total. The van der Waals surface area contributed by atoms with Crippen LogP contribution in [0.25, 0.3) is 10.9 Å². The summed E-state index contributed by atoms with van der Waals surface area (Å²) in [6.07, 6.45) is 1.64. The number of pyridine rings is 1. The molecule has 0 bridgehead atoms. The SMILES string of the molecule is Cc1ccc(S(=O)(=O)NCC(=O)N2CCN(c3ccccc3)CC2)c2cccnc12. The molecule has 2 heterocycles. The van der Waals surface area contributed by atoms with Crippen LogP contribution < -0.4 is 9.62 Å². The van der Waals surface area contributed by atoms with Gasteiger partial charge in [0.1, 0.15) is 0 Å². The molecular weight excluding hydrogens is 400 g/mol. The molecule has 1 aliphatic heterocycles. The number of anilines is 1. The fraction of sp³-hybridized carbons (Fsp3) is 0.273. The zero-order valence-corrected chi connectivity index (χ0v) is 17.6. The molecule has 0 unspecified atom stereocenters. The van der Waals surface area contributed by atoms with E-state index in [1.54, 1.807) is 35.4 Å². The quantitative estimate of drug-likeness (QED) is 0.679. The van der Waals surface area contributed by atoms with Crippen LogP contribution in [0.2, 0.25) is 0 Å². The van der Waals surface area contributed by atoms with E-state index in [9.17, 15) is 13.2 Å². The highest BCUT2D eigenvalue weighted by atomic mass is 32.2. The lowest BCUT2D eigenvalue weighted by Gasteiger charge is -2.36. The topological polar surface area (TPSA) is 82.6 Å². The van der Waals surface area contributed by atoms with Gasteiger partial charge in [0.2, 0.25) is 15.9 Å². The van der Waals surface area contributed by atoms with Crippen molar-refractivity contribution in [3.8, 4) is 0 Å². The standard InChI is InChI=1S/C22H24N4O3S/c1-17-9-10-20(19-8-5-11-23-22(17)19)30(28,29)24-16-21(27)26-14-12-25(13-15-26)18-6-3-2-4-7-18/h2-11,24H,12-16H2,1H3. The Morgan fingerprint density at radius 1 is 1.00 bits per heavy atom. The van der Waals surface area contributed by atoms with Crippen LogP contribution in [-0.2, 0) is 14.8 Å². The Hall–Kier alpha value is -2.97. The molecule has 0 saturated carbocycles. The minimum atomic E-state index is -3.84. The number of rotatable bonds is 5. The van der Waals surface area contributed by atoms with E-state index in [1.807, 2.05) is 37.3 Å². The molecule has 1 saturated heterocycles. The van der Waals surface area contributed by atoms with Crippen molar-refractivity contribution in [2.24, 2.45) is 0 Å². The minimum Gasteiger partial charge on any atom is -0.368 e. The highest BCUT2D eigenvalue weighted by Crippen LogP contribution is 2.24. The normalized spacial score (nSPS) is 14.8. The highest BCUT2D eigenvalue weighted by molar-refractivity contribution is 7.89. The number of aryl methyl sites for hydroxylation is 1. The van der Waals surface area contributed by atoms with Gasteiger partial charge in [-0.25, -0.2) is 13.1 Å². The lowest BCUT2D eigenvalue weighted by Crippen LogP contribution is -2.51. The lowest BCUT2D eigenvalue weighted by molar-refractivity contribution is -0.130. The number of benzene rings is 2. The first-order valence-corrected chi connectivity index (χ1v) is 11.4. The van der Waals surface area contributed by atoms with Crippen LogP contribution in [-0.4, -0.2) is 56.9 Å². The summed E-state index contributed by atoms with van der Waals surface area (Å²) in [7, 11) is -3.84. The van der Waals surface area contributed by atoms with Crippen LogP contribution in [0.1, 0.15) is 5.56 Å². The van der Waals surface area contributed by atoms with E-state index in [0.717, 1.165) is 24.3 Å². The maximum Gasteiger partial charge on any atom is 0.241 e. The zero-order valence-electron chi connectivity index (χ0n) is 16.8. The fourth-order valence-corrected chi connectivity index (χ4v) is 4.89. The molecule has 0 radical (unpaired) electrons. The molecule has 156 valence electrons. The summed E-state index contributed by atoms with van der Waals surface area (Å²) >= 11 is 0. The Bertz CT molecular complexity index is 1160. The number of sulfonamides is 1. The smallest absolute Gasteiger partial charge is 0.241 e. The molecule has 3 aromatic rings. The monoisotopic (exact) mass is 424 g/mol. The number of fused-ring (bicyclic) bond motifs is 1. The number of carbonyl (C=O) groups is 1. The molecule has 8 heteroatoms. The van der Waals surface area contributed by atoms with Crippen LogP contribution in [0.15, 0.2) is 65.7 Å². The van der Waals surface area contributed by atoms with E-state index in [2.05, 4.69) is 14.6 Å². The van der Waals surface area contributed by atoms with E-state index < -0.39 is 10.0 Å². The zero-order chi connectivity index (χ0) is 21.1. The second-order valence-corrected chi connectivity index (χ2v) is 9.04. The van der Waals surface area contributed by atoms with E-state index >= 15 is 0 Å². The number of piperazine rings is 1. The Labute approximate surface area is 176 Å². The Morgan fingerprint density at radius 2 is 1.73 bits per heavy atom. The minimum absolute atomic E-state index is 0.137. The number of para-hydroxylation sites is 1. The average Bonchev–Trinajstić information content (AvgIpc) is 2.78. The maximum absolute atomic E-state index is 12.9. The van der Waals surface area contributed by atoms with Crippen LogP contribution in [0, 0.1) is 6.92 Å². The maximum atomic E-state index is 12.9. The molecular formula is C22H24N4O3S. The van der Waals surface area contributed by atoms with Crippen molar-refractivity contribution >= 4 is 32.5 Å². The van der Waals surface area contributed by atoms with E-state index in [1.165, 1.54) is 0 Å². The third-order valence-electron chi connectivity index (χ3n) is 5.39. The first kappa shape index (κ1) is 20.3. The van der Waals surface area contributed by atoms with Gasteiger partial charge in [-0.2, -0.15) is 0 Å². The Balaban J connectivity index is 1.40. The Kier molecular flexibility index (Phi) is 5.69. The predicted molar refractivity (Wildman–Crippen MR) is 117 cm³/mol. The average molecular weight is 425 g/mol. The number of hydrogen-bond acceptors (Lipinski definition) is 5. The van der Waals surface area contributed by atoms with Crippen molar-refractivity contribution in [1.29, 1.82) is 0 Å². The van der Waals surface area contributed by atoms with Gasteiger partial charge < -0.3 is 9.80 Å². The molecule has 1 amide bonds. The van der Waals surface area contributed by atoms with Gasteiger partial charge in [0, 0.05) is 43.4 Å². The van der Waals surface area contributed by atoms with Crippen LogP contribution in [0.5, 0.6) is 0 Å². The number of nitrogens with one attached hydrogen (secondary N) is 1. The first-order chi connectivity index (χ1) is 14.5. The fourth-order valence-electron chi connectivity index (χ4n) is 3.72. The summed E-state index contributed by atoms with van der Waals surface area (Å²) in [6, 6.07) is 16.8. The first-order valence-electron chi connectivity index (χ1n) is 9.87. The Morgan fingerprint density at radius 3 is 2.47 bits per heavy atom. The number of hydrogen-bond donors (Lipinski definition) is 1. The van der Waals surface area contributed by atoms with Gasteiger partial charge >= 0.3 is 0 Å². The molecule has 0 aliphatic carbocycles. The third-order valence-corrected chi connectivity index (χ3v) is 6.85. The molecule has 1 N–H and O–H groups in total. The molecule has 1 fully saturated rings. The van der Waals surface area contributed by atoms with Gasteiger partial charge in [-0.1, -0.05) is 24.3 Å². The summed E-state index contributed by atoms with van der Waals surface area (Å²) in [5.74, 6) is -0.221.